The summed E-state index contributed by atoms with van der Waals surface area (Å²) in [5, 5.41) is 23.6. The van der Waals surface area contributed by atoms with Crippen molar-refractivity contribution in [3.05, 3.63) is 48.2 Å². The van der Waals surface area contributed by atoms with Crippen LogP contribution < -0.4 is 5.32 Å². The molecule has 1 saturated carbocycles. The molecule has 0 saturated heterocycles. The Morgan fingerprint density at radius 1 is 1.19 bits per heavy atom. The second-order valence-corrected chi connectivity index (χ2v) is 6.74. The molecule has 1 aliphatic rings. The lowest BCUT2D eigenvalue weighted by Crippen LogP contribution is -2.30. The monoisotopic (exact) mass is 349 g/mol. The summed E-state index contributed by atoms with van der Waals surface area (Å²) >= 11 is 0. The van der Waals surface area contributed by atoms with E-state index in [4.69, 9.17) is 0 Å². The first-order valence-corrected chi connectivity index (χ1v) is 8.96. The summed E-state index contributed by atoms with van der Waals surface area (Å²) in [7, 11) is 1.93. The standard InChI is InChI=1S/C21H23N3O2/c1-24(16-7-3-2-4-8-16)14-15(13-22)21(26)23-19-11-5-10-18-17(19)9-6-12-20(18)25/h5-6,9-12,14,16,25H,2-4,7-8H2,1H3,(H,23,26)/b15-14-. The van der Waals surface area contributed by atoms with Crippen molar-refractivity contribution in [1.82, 2.24) is 4.90 Å². The number of rotatable bonds is 4. The minimum atomic E-state index is -0.439. The molecule has 1 fully saturated rings. The summed E-state index contributed by atoms with van der Waals surface area (Å²) in [5.41, 5.74) is 0.653. The molecule has 0 aliphatic heterocycles. The second-order valence-electron chi connectivity index (χ2n) is 6.74. The van der Waals surface area contributed by atoms with E-state index in [1.807, 2.05) is 24.1 Å². The molecule has 0 aromatic heterocycles. The van der Waals surface area contributed by atoms with E-state index in [0.29, 0.717) is 17.1 Å². The lowest BCUT2D eigenvalue weighted by molar-refractivity contribution is -0.112. The zero-order chi connectivity index (χ0) is 18.5. The summed E-state index contributed by atoms with van der Waals surface area (Å²) in [6.07, 6.45) is 7.47. The van der Waals surface area contributed by atoms with E-state index in [2.05, 4.69) is 5.32 Å². The Bertz CT molecular complexity index is 876. The number of nitrogens with one attached hydrogen (secondary N) is 1. The van der Waals surface area contributed by atoms with Crippen LogP contribution in [0, 0.1) is 11.3 Å². The molecule has 0 atom stereocenters. The molecule has 5 heteroatoms. The van der Waals surface area contributed by atoms with Crippen molar-refractivity contribution >= 4 is 22.4 Å². The largest absolute Gasteiger partial charge is 0.507 e. The average molecular weight is 349 g/mol. The predicted molar refractivity (Wildman–Crippen MR) is 103 cm³/mol. The maximum atomic E-state index is 12.6. The summed E-state index contributed by atoms with van der Waals surface area (Å²) < 4.78 is 0. The van der Waals surface area contributed by atoms with Crippen LogP contribution in [0.2, 0.25) is 0 Å². The molecular weight excluding hydrogens is 326 g/mol. The van der Waals surface area contributed by atoms with Crippen molar-refractivity contribution in [3.63, 3.8) is 0 Å². The van der Waals surface area contributed by atoms with Crippen molar-refractivity contribution < 1.29 is 9.90 Å². The molecule has 0 bridgehead atoms. The SMILES string of the molecule is CN(/C=C(/C#N)C(=O)Nc1cccc2c(O)cccc12)C1CCCCC1. The number of hydrogen-bond acceptors (Lipinski definition) is 4. The van der Waals surface area contributed by atoms with E-state index >= 15 is 0 Å². The maximum absolute atomic E-state index is 12.6. The van der Waals surface area contributed by atoms with Gasteiger partial charge in [0.2, 0.25) is 0 Å². The van der Waals surface area contributed by atoms with Crippen molar-refractivity contribution in [2.75, 3.05) is 12.4 Å². The van der Waals surface area contributed by atoms with Gasteiger partial charge in [-0.1, -0.05) is 43.5 Å². The fourth-order valence-corrected chi connectivity index (χ4v) is 3.53. The third-order valence-electron chi connectivity index (χ3n) is 5.00. The Hall–Kier alpha value is -3.00. The van der Waals surface area contributed by atoms with Gasteiger partial charge in [-0.3, -0.25) is 4.79 Å². The highest BCUT2D eigenvalue weighted by Crippen LogP contribution is 2.30. The normalized spacial score (nSPS) is 15.5. The van der Waals surface area contributed by atoms with Crippen LogP contribution in [-0.2, 0) is 4.79 Å². The Kier molecular flexibility index (Phi) is 5.43. The highest BCUT2D eigenvalue weighted by atomic mass is 16.3. The Balaban J connectivity index is 1.81. The van der Waals surface area contributed by atoms with Crippen LogP contribution in [0.15, 0.2) is 48.2 Å². The number of phenolic OH excluding ortho intramolecular Hbond substituents is 1. The number of fused-ring (bicyclic) bond motifs is 1. The zero-order valence-corrected chi connectivity index (χ0v) is 14.9. The quantitative estimate of drug-likeness (QED) is 0.642. The number of phenols is 1. The van der Waals surface area contributed by atoms with Crippen molar-refractivity contribution in [1.29, 1.82) is 5.26 Å². The van der Waals surface area contributed by atoms with Gasteiger partial charge < -0.3 is 15.3 Å². The molecule has 0 unspecified atom stereocenters. The number of aromatic hydroxyl groups is 1. The van der Waals surface area contributed by atoms with Gasteiger partial charge in [0.1, 0.15) is 17.4 Å². The van der Waals surface area contributed by atoms with Crippen molar-refractivity contribution in [2.24, 2.45) is 0 Å². The van der Waals surface area contributed by atoms with Gasteiger partial charge in [0, 0.05) is 35.7 Å². The first-order chi connectivity index (χ1) is 12.6. The van der Waals surface area contributed by atoms with Crippen LogP contribution in [0.25, 0.3) is 10.8 Å². The van der Waals surface area contributed by atoms with Crippen LogP contribution in [0.1, 0.15) is 32.1 Å². The van der Waals surface area contributed by atoms with E-state index < -0.39 is 5.91 Å². The van der Waals surface area contributed by atoms with Gasteiger partial charge in [-0.05, 0) is 25.0 Å². The van der Waals surface area contributed by atoms with Gasteiger partial charge >= 0.3 is 0 Å². The van der Waals surface area contributed by atoms with Crippen LogP contribution >= 0.6 is 0 Å². The molecule has 5 nitrogen and oxygen atoms in total. The molecule has 0 radical (unpaired) electrons. The highest BCUT2D eigenvalue weighted by molar-refractivity contribution is 6.11. The molecule has 2 aromatic carbocycles. The molecule has 2 N–H and O–H groups in total. The van der Waals surface area contributed by atoms with Crippen molar-refractivity contribution in [2.45, 2.75) is 38.1 Å². The van der Waals surface area contributed by atoms with Gasteiger partial charge in [0.05, 0.1) is 0 Å². The second kappa shape index (κ2) is 7.92. The average Bonchev–Trinajstić information content (AvgIpc) is 2.67. The number of carbonyl (C=O) groups excluding carboxylic acids is 1. The number of carbonyl (C=O) groups is 1. The fourth-order valence-electron chi connectivity index (χ4n) is 3.53. The van der Waals surface area contributed by atoms with Crippen LogP contribution in [0.5, 0.6) is 5.75 Å². The summed E-state index contributed by atoms with van der Waals surface area (Å²) in [5.74, 6) is -0.280. The molecule has 1 amide bonds. The van der Waals surface area contributed by atoms with E-state index in [1.165, 1.54) is 19.3 Å². The number of hydrogen-bond donors (Lipinski definition) is 2. The van der Waals surface area contributed by atoms with Gasteiger partial charge in [0.25, 0.3) is 5.91 Å². The third-order valence-corrected chi connectivity index (χ3v) is 5.00. The summed E-state index contributed by atoms with van der Waals surface area (Å²) in [6.45, 7) is 0. The van der Waals surface area contributed by atoms with Gasteiger partial charge in [-0.2, -0.15) is 5.26 Å². The van der Waals surface area contributed by atoms with Crippen LogP contribution in [0.3, 0.4) is 0 Å². The van der Waals surface area contributed by atoms with Crippen molar-refractivity contribution in [3.8, 4) is 11.8 Å². The van der Waals surface area contributed by atoms with E-state index in [-0.39, 0.29) is 11.3 Å². The molecule has 134 valence electrons. The van der Waals surface area contributed by atoms with E-state index in [1.54, 1.807) is 36.5 Å². The minimum absolute atomic E-state index is 0.0789. The first-order valence-electron chi connectivity index (χ1n) is 8.96. The summed E-state index contributed by atoms with van der Waals surface area (Å²) in [4.78, 5) is 14.6. The number of amides is 1. The smallest absolute Gasteiger partial charge is 0.267 e. The zero-order valence-electron chi connectivity index (χ0n) is 14.9. The molecule has 1 aliphatic carbocycles. The lowest BCUT2D eigenvalue weighted by Gasteiger charge is -2.30. The van der Waals surface area contributed by atoms with Gasteiger partial charge in [-0.15, -0.1) is 0 Å². The van der Waals surface area contributed by atoms with Gasteiger partial charge in [-0.25, -0.2) is 0 Å². The number of benzene rings is 2. The molecular formula is C21H23N3O2. The summed E-state index contributed by atoms with van der Waals surface area (Å²) in [6, 6.07) is 12.9. The Morgan fingerprint density at radius 2 is 1.88 bits per heavy atom. The maximum Gasteiger partial charge on any atom is 0.267 e. The van der Waals surface area contributed by atoms with E-state index in [0.717, 1.165) is 18.2 Å². The first kappa shape index (κ1) is 17.8. The predicted octanol–water partition coefficient (Wildman–Crippen LogP) is 4.16. The fraction of sp³-hybridized carbons (Fsp3) is 0.333. The Morgan fingerprint density at radius 3 is 2.62 bits per heavy atom. The molecule has 26 heavy (non-hydrogen) atoms. The molecule has 0 spiro atoms. The molecule has 3 rings (SSSR count). The number of nitrogens with zero attached hydrogens (tertiary/aromatic N) is 2. The number of anilines is 1. The topological polar surface area (TPSA) is 76.4 Å². The molecule has 0 heterocycles. The van der Waals surface area contributed by atoms with Crippen LogP contribution in [0.4, 0.5) is 5.69 Å². The highest BCUT2D eigenvalue weighted by Gasteiger charge is 2.18. The number of nitriles is 1. The molecule has 2 aromatic rings. The van der Waals surface area contributed by atoms with E-state index in [9.17, 15) is 15.2 Å². The third kappa shape index (κ3) is 3.80. The Labute approximate surface area is 153 Å². The lowest BCUT2D eigenvalue weighted by atomic mass is 9.94. The van der Waals surface area contributed by atoms with Crippen LogP contribution in [-0.4, -0.2) is 29.0 Å². The van der Waals surface area contributed by atoms with Gasteiger partial charge in [0.15, 0.2) is 0 Å². The minimum Gasteiger partial charge on any atom is -0.507 e.